The van der Waals surface area contributed by atoms with E-state index in [0.29, 0.717) is 17.8 Å². The van der Waals surface area contributed by atoms with E-state index in [1.807, 2.05) is 48.7 Å². The number of nitrogens with zero attached hydrogens (tertiary/aromatic N) is 3. The SMILES string of the molecule is OC[C@H]1O[C@H](c2ccc(-c3cn(Cc4ccccc4)nn3)cc2)[C@@H](O)[C@@H](O)[C@@H]1O. The molecular weight excluding hydrogens is 374 g/mol. The van der Waals surface area contributed by atoms with Gasteiger partial charge in [-0.1, -0.05) is 59.8 Å². The van der Waals surface area contributed by atoms with Crippen molar-refractivity contribution in [3.63, 3.8) is 0 Å². The standard InChI is InChI=1S/C21H23N3O5/c25-12-17-18(26)19(27)20(28)21(29-17)15-8-6-14(7-9-15)16-11-24(23-22-16)10-13-4-2-1-3-5-13/h1-9,11,17-21,25-28H,10,12H2/t17-,18-,19+,20+,21-/m1/s1. The number of aromatic nitrogens is 3. The number of benzene rings is 2. The van der Waals surface area contributed by atoms with Gasteiger partial charge in [-0.2, -0.15) is 0 Å². The molecule has 152 valence electrons. The lowest BCUT2D eigenvalue weighted by atomic mass is 9.91. The molecule has 1 aliphatic rings. The molecule has 0 saturated carbocycles. The fourth-order valence-corrected chi connectivity index (χ4v) is 3.50. The van der Waals surface area contributed by atoms with Crippen molar-refractivity contribution in [1.82, 2.24) is 15.0 Å². The summed E-state index contributed by atoms with van der Waals surface area (Å²) in [6.07, 6.45) is -4.00. The Bertz CT molecular complexity index is 929. The molecule has 4 N–H and O–H groups in total. The van der Waals surface area contributed by atoms with Crippen LogP contribution in [-0.2, 0) is 11.3 Å². The van der Waals surface area contributed by atoms with Crippen LogP contribution in [0, 0.1) is 0 Å². The molecule has 29 heavy (non-hydrogen) atoms. The highest BCUT2D eigenvalue weighted by molar-refractivity contribution is 5.58. The average molecular weight is 397 g/mol. The summed E-state index contributed by atoms with van der Waals surface area (Å²) in [4.78, 5) is 0. The van der Waals surface area contributed by atoms with E-state index in [9.17, 15) is 20.4 Å². The molecule has 1 fully saturated rings. The van der Waals surface area contributed by atoms with Crippen molar-refractivity contribution in [3.05, 3.63) is 71.9 Å². The molecule has 2 heterocycles. The summed E-state index contributed by atoms with van der Waals surface area (Å²) in [5.74, 6) is 0. The molecule has 0 unspecified atom stereocenters. The van der Waals surface area contributed by atoms with E-state index in [-0.39, 0.29) is 0 Å². The average Bonchev–Trinajstić information content (AvgIpc) is 3.22. The summed E-state index contributed by atoms with van der Waals surface area (Å²) >= 11 is 0. The zero-order valence-corrected chi connectivity index (χ0v) is 15.6. The number of hydrogen-bond donors (Lipinski definition) is 4. The van der Waals surface area contributed by atoms with Crippen molar-refractivity contribution >= 4 is 0 Å². The molecule has 8 heteroatoms. The minimum atomic E-state index is -1.40. The number of rotatable bonds is 5. The molecule has 3 aromatic rings. The predicted molar refractivity (Wildman–Crippen MR) is 104 cm³/mol. The lowest BCUT2D eigenvalue weighted by molar-refractivity contribution is -0.231. The van der Waals surface area contributed by atoms with Crippen LogP contribution in [0.2, 0.25) is 0 Å². The summed E-state index contributed by atoms with van der Waals surface area (Å²) < 4.78 is 7.35. The summed E-state index contributed by atoms with van der Waals surface area (Å²) in [5.41, 5.74) is 3.31. The van der Waals surface area contributed by atoms with Gasteiger partial charge < -0.3 is 25.2 Å². The van der Waals surface area contributed by atoms with E-state index < -0.39 is 37.1 Å². The number of hydrogen-bond acceptors (Lipinski definition) is 7. The zero-order valence-electron chi connectivity index (χ0n) is 15.6. The van der Waals surface area contributed by atoms with Gasteiger partial charge >= 0.3 is 0 Å². The Kier molecular flexibility index (Phi) is 5.70. The van der Waals surface area contributed by atoms with Gasteiger partial charge in [0.1, 0.15) is 36.2 Å². The summed E-state index contributed by atoms with van der Waals surface area (Å²) in [7, 11) is 0. The van der Waals surface area contributed by atoms with Gasteiger partial charge in [0.25, 0.3) is 0 Å². The van der Waals surface area contributed by atoms with E-state index in [0.717, 1.165) is 11.1 Å². The molecule has 5 atom stereocenters. The fraction of sp³-hybridized carbons (Fsp3) is 0.333. The first-order valence-electron chi connectivity index (χ1n) is 9.41. The van der Waals surface area contributed by atoms with Crippen LogP contribution in [0.5, 0.6) is 0 Å². The zero-order chi connectivity index (χ0) is 20.4. The number of aliphatic hydroxyl groups is 4. The van der Waals surface area contributed by atoms with Crippen LogP contribution in [0.4, 0.5) is 0 Å². The van der Waals surface area contributed by atoms with E-state index in [1.165, 1.54) is 0 Å². The second-order valence-corrected chi connectivity index (χ2v) is 7.16. The van der Waals surface area contributed by atoms with Gasteiger partial charge in [-0.15, -0.1) is 5.10 Å². The van der Waals surface area contributed by atoms with E-state index >= 15 is 0 Å². The molecule has 1 aromatic heterocycles. The Morgan fingerprint density at radius 2 is 1.62 bits per heavy atom. The van der Waals surface area contributed by atoms with Crippen molar-refractivity contribution in [2.45, 2.75) is 37.1 Å². The van der Waals surface area contributed by atoms with Crippen LogP contribution in [0.25, 0.3) is 11.3 Å². The van der Waals surface area contributed by atoms with Crippen molar-refractivity contribution in [2.75, 3.05) is 6.61 Å². The molecule has 2 aromatic carbocycles. The highest BCUT2D eigenvalue weighted by Gasteiger charge is 2.43. The summed E-state index contributed by atoms with van der Waals surface area (Å²) in [6, 6.07) is 17.1. The van der Waals surface area contributed by atoms with Gasteiger partial charge in [0.2, 0.25) is 0 Å². The largest absolute Gasteiger partial charge is 0.394 e. The molecule has 1 aliphatic heterocycles. The first-order valence-corrected chi connectivity index (χ1v) is 9.41. The first-order chi connectivity index (χ1) is 14.1. The molecule has 4 rings (SSSR count). The van der Waals surface area contributed by atoms with E-state index in [1.54, 1.807) is 16.8 Å². The Balaban J connectivity index is 1.49. The van der Waals surface area contributed by atoms with Gasteiger partial charge in [0.05, 0.1) is 19.3 Å². The maximum Gasteiger partial charge on any atom is 0.113 e. The molecule has 0 amide bonds. The van der Waals surface area contributed by atoms with Crippen molar-refractivity contribution in [3.8, 4) is 11.3 Å². The molecule has 1 saturated heterocycles. The predicted octanol–water partition coefficient (Wildman–Crippen LogP) is 0.508. The molecule has 0 aliphatic carbocycles. The Morgan fingerprint density at radius 3 is 2.31 bits per heavy atom. The van der Waals surface area contributed by atoms with Crippen molar-refractivity contribution in [1.29, 1.82) is 0 Å². The van der Waals surface area contributed by atoms with Crippen molar-refractivity contribution < 1.29 is 25.2 Å². The van der Waals surface area contributed by atoms with E-state index in [2.05, 4.69) is 10.3 Å². The highest BCUT2D eigenvalue weighted by Crippen LogP contribution is 2.33. The van der Waals surface area contributed by atoms with Gasteiger partial charge in [0.15, 0.2) is 0 Å². The van der Waals surface area contributed by atoms with Gasteiger partial charge in [-0.05, 0) is 11.1 Å². The Labute approximate surface area is 167 Å². The van der Waals surface area contributed by atoms with E-state index in [4.69, 9.17) is 4.74 Å². The van der Waals surface area contributed by atoms with Crippen LogP contribution in [0.3, 0.4) is 0 Å². The highest BCUT2D eigenvalue weighted by atomic mass is 16.5. The summed E-state index contributed by atoms with van der Waals surface area (Å²) in [5, 5.41) is 47.9. The van der Waals surface area contributed by atoms with Gasteiger partial charge in [-0.25, -0.2) is 4.68 Å². The van der Waals surface area contributed by atoms with Gasteiger partial charge in [0, 0.05) is 5.56 Å². The Hall–Kier alpha value is -2.62. The topological polar surface area (TPSA) is 121 Å². The lowest BCUT2D eigenvalue weighted by Gasteiger charge is -2.40. The Morgan fingerprint density at radius 1 is 0.897 bits per heavy atom. The van der Waals surface area contributed by atoms with Gasteiger partial charge in [-0.3, -0.25) is 0 Å². The third-order valence-corrected chi connectivity index (χ3v) is 5.15. The number of aliphatic hydroxyl groups excluding tert-OH is 4. The van der Waals surface area contributed by atoms with Crippen LogP contribution >= 0.6 is 0 Å². The fourth-order valence-electron chi connectivity index (χ4n) is 3.50. The third-order valence-electron chi connectivity index (χ3n) is 5.15. The van der Waals surface area contributed by atoms with Crippen LogP contribution in [0.1, 0.15) is 17.2 Å². The van der Waals surface area contributed by atoms with Crippen LogP contribution in [-0.4, -0.2) is 66.4 Å². The molecule has 0 radical (unpaired) electrons. The molecule has 0 bridgehead atoms. The minimum Gasteiger partial charge on any atom is -0.394 e. The smallest absolute Gasteiger partial charge is 0.113 e. The van der Waals surface area contributed by atoms with Crippen LogP contribution < -0.4 is 0 Å². The summed E-state index contributed by atoms with van der Waals surface area (Å²) in [6.45, 7) is 0.168. The normalized spacial score (nSPS) is 27.1. The monoisotopic (exact) mass is 397 g/mol. The van der Waals surface area contributed by atoms with Crippen LogP contribution in [0.15, 0.2) is 60.8 Å². The first kappa shape index (κ1) is 19.7. The second-order valence-electron chi connectivity index (χ2n) is 7.16. The second kappa shape index (κ2) is 8.40. The third kappa shape index (κ3) is 4.07. The number of ether oxygens (including phenoxy) is 1. The maximum atomic E-state index is 10.3. The lowest BCUT2D eigenvalue weighted by Crippen LogP contribution is -2.55. The molecule has 0 spiro atoms. The minimum absolute atomic E-state index is 0.454. The maximum absolute atomic E-state index is 10.3. The molecular formula is C21H23N3O5. The quantitative estimate of drug-likeness (QED) is 0.495. The van der Waals surface area contributed by atoms with Crippen molar-refractivity contribution in [2.24, 2.45) is 0 Å². The molecule has 8 nitrogen and oxygen atoms in total.